The maximum atomic E-state index is 11.0. The lowest BCUT2D eigenvalue weighted by Crippen LogP contribution is -2.12. The molecule has 1 aromatic carbocycles. The van der Waals surface area contributed by atoms with Gasteiger partial charge >= 0.3 is 0 Å². The summed E-state index contributed by atoms with van der Waals surface area (Å²) in [7, 11) is -3.89. The maximum Gasteiger partial charge on any atom is 0.273 e. The number of benzene rings is 1. The van der Waals surface area contributed by atoms with Crippen molar-refractivity contribution in [2.75, 3.05) is 0 Å². The minimum atomic E-state index is -3.89. The highest BCUT2D eigenvalue weighted by Crippen LogP contribution is 2.22. The molecule has 0 radical (unpaired) electrons. The first-order valence-corrected chi connectivity index (χ1v) is 5.71. The molecule has 6 nitrogen and oxygen atoms in total. The van der Waals surface area contributed by atoms with Crippen molar-refractivity contribution < 1.29 is 13.3 Å². The predicted molar refractivity (Wildman–Crippen MR) is 53.8 cm³/mol. The van der Waals surface area contributed by atoms with Crippen LogP contribution in [0.1, 0.15) is 12.5 Å². The van der Waals surface area contributed by atoms with Crippen molar-refractivity contribution in [2.24, 2.45) is 5.14 Å². The molecule has 1 rings (SSSR count). The third kappa shape index (κ3) is 2.51. The normalized spacial score (nSPS) is 11.3. The average Bonchev–Trinajstić information content (AvgIpc) is 2.15. The van der Waals surface area contributed by atoms with Gasteiger partial charge in [-0.2, -0.15) is 0 Å². The smallest absolute Gasteiger partial charge is 0.258 e. The second-order valence-electron chi connectivity index (χ2n) is 2.95. The van der Waals surface area contributed by atoms with Gasteiger partial charge in [-0.05, 0) is 12.5 Å². The monoisotopic (exact) mass is 230 g/mol. The van der Waals surface area contributed by atoms with E-state index in [4.69, 9.17) is 5.14 Å². The molecule has 1 aromatic rings. The Hall–Kier alpha value is -1.47. The van der Waals surface area contributed by atoms with Crippen LogP contribution in [0.3, 0.4) is 0 Å². The second kappa shape index (κ2) is 3.95. The van der Waals surface area contributed by atoms with Crippen molar-refractivity contribution in [1.82, 2.24) is 0 Å². The van der Waals surface area contributed by atoms with Gasteiger partial charge in [-0.1, -0.05) is 13.0 Å². The molecule has 82 valence electrons. The molecule has 0 aliphatic carbocycles. The van der Waals surface area contributed by atoms with Crippen LogP contribution in [0, 0.1) is 10.1 Å². The Kier molecular flexibility index (Phi) is 3.06. The highest BCUT2D eigenvalue weighted by molar-refractivity contribution is 7.89. The highest BCUT2D eigenvalue weighted by Gasteiger charge is 2.17. The molecule has 0 fully saturated rings. The maximum absolute atomic E-state index is 11.0. The van der Waals surface area contributed by atoms with Gasteiger partial charge in [-0.15, -0.1) is 0 Å². The van der Waals surface area contributed by atoms with Gasteiger partial charge in [-0.3, -0.25) is 10.1 Å². The van der Waals surface area contributed by atoms with E-state index in [1.807, 2.05) is 0 Å². The lowest BCUT2D eigenvalue weighted by atomic mass is 10.1. The minimum absolute atomic E-state index is 0.218. The van der Waals surface area contributed by atoms with E-state index >= 15 is 0 Å². The van der Waals surface area contributed by atoms with Crippen molar-refractivity contribution in [2.45, 2.75) is 18.2 Å². The van der Waals surface area contributed by atoms with E-state index < -0.39 is 14.9 Å². The molecule has 0 bridgehead atoms. The lowest BCUT2D eigenvalue weighted by molar-refractivity contribution is -0.385. The predicted octanol–water partition coefficient (Wildman–Crippen LogP) is 0.805. The van der Waals surface area contributed by atoms with Gasteiger partial charge in [0.1, 0.15) is 0 Å². The lowest BCUT2D eigenvalue weighted by Gasteiger charge is -2.02. The fourth-order valence-electron chi connectivity index (χ4n) is 1.19. The second-order valence-corrected chi connectivity index (χ2v) is 4.51. The molecule has 7 heteroatoms. The topological polar surface area (TPSA) is 103 Å². The van der Waals surface area contributed by atoms with E-state index in [2.05, 4.69) is 0 Å². The summed E-state index contributed by atoms with van der Waals surface area (Å²) >= 11 is 0. The van der Waals surface area contributed by atoms with E-state index in [0.29, 0.717) is 12.0 Å². The van der Waals surface area contributed by atoms with Crippen LogP contribution in [-0.4, -0.2) is 13.3 Å². The van der Waals surface area contributed by atoms with Crippen LogP contribution in [0.15, 0.2) is 23.1 Å². The molecule has 0 aliphatic rings. The Morgan fingerprint density at radius 1 is 1.47 bits per heavy atom. The largest absolute Gasteiger partial charge is 0.273 e. The van der Waals surface area contributed by atoms with Crippen LogP contribution >= 0.6 is 0 Å². The molecule has 2 N–H and O–H groups in total. The number of nitrogens with two attached hydrogens (primary N) is 1. The van der Waals surface area contributed by atoms with E-state index in [1.54, 1.807) is 6.92 Å². The Balaban J connectivity index is 3.42. The molecule has 15 heavy (non-hydrogen) atoms. The SMILES string of the molecule is CCc1ccc(S(N)(=O)=O)cc1[N+](=O)[O-]. The van der Waals surface area contributed by atoms with Gasteiger partial charge in [0.15, 0.2) is 0 Å². The Morgan fingerprint density at radius 2 is 2.07 bits per heavy atom. The summed E-state index contributed by atoms with van der Waals surface area (Å²) in [6.07, 6.45) is 0.460. The zero-order chi connectivity index (χ0) is 11.6. The Labute approximate surface area is 86.9 Å². The fraction of sp³-hybridized carbons (Fsp3) is 0.250. The minimum Gasteiger partial charge on any atom is -0.258 e. The van der Waals surface area contributed by atoms with Crippen molar-refractivity contribution in [1.29, 1.82) is 0 Å². The summed E-state index contributed by atoms with van der Waals surface area (Å²) in [5, 5.41) is 15.5. The molecular formula is C8H10N2O4S. The molecule has 0 aliphatic heterocycles. The van der Waals surface area contributed by atoms with Crippen LogP contribution in [0.4, 0.5) is 5.69 Å². The van der Waals surface area contributed by atoms with E-state index in [-0.39, 0.29) is 10.6 Å². The van der Waals surface area contributed by atoms with Gasteiger partial charge in [0.05, 0.1) is 9.82 Å². The molecule has 0 atom stereocenters. The van der Waals surface area contributed by atoms with E-state index in [9.17, 15) is 18.5 Å². The number of nitrogens with zero attached hydrogens (tertiary/aromatic N) is 1. The van der Waals surface area contributed by atoms with E-state index in [1.165, 1.54) is 12.1 Å². The summed E-state index contributed by atoms with van der Waals surface area (Å²) in [4.78, 5) is 9.77. The van der Waals surface area contributed by atoms with Crippen LogP contribution in [0.25, 0.3) is 0 Å². The number of nitro groups is 1. The van der Waals surface area contributed by atoms with Crippen LogP contribution in [0.5, 0.6) is 0 Å². The molecular weight excluding hydrogens is 220 g/mol. The molecule has 0 unspecified atom stereocenters. The molecule has 0 saturated heterocycles. The highest BCUT2D eigenvalue weighted by atomic mass is 32.2. The number of hydrogen-bond donors (Lipinski definition) is 1. The molecule has 0 spiro atoms. The number of rotatable bonds is 3. The standard InChI is InChI=1S/C8H10N2O4S/c1-2-6-3-4-7(15(9,13)14)5-8(6)10(11)12/h3-5H,2H2,1H3,(H2,9,13,14). The van der Waals surface area contributed by atoms with Crippen LogP contribution in [0.2, 0.25) is 0 Å². The fourth-order valence-corrected chi connectivity index (χ4v) is 1.72. The molecule has 0 aromatic heterocycles. The van der Waals surface area contributed by atoms with Crippen LogP contribution in [-0.2, 0) is 16.4 Å². The first-order valence-electron chi connectivity index (χ1n) is 4.16. The van der Waals surface area contributed by atoms with Gasteiger partial charge < -0.3 is 0 Å². The third-order valence-corrected chi connectivity index (χ3v) is 2.87. The molecule has 0 amide bonds. The average molecular weight is 230 g/mol. The van der Waals surface area contributed by atoms with Crippen molar-refractivity contribution in [3.63, 3.8) is 0 Å². The number of hydrogen-bond acceptors (Lipinski definition) is 4. The first-order chi connectivity index (χ1) is 6.86. The summed E-state index contributed by atoms with van der Waals surface area (Å²) < 4.78 is 21.9. The summed E-state index contributed by atoms with van der Waals surface area (Å²) in [5.41, 5.74) is 0.261. The summed E-state index contributed by atoms with van der Waals surface area (Å²) in [5.74, 6) is 0. The van der Waals surface area contributed by atoms with Gasteiger partial charge in [0.25, 0.3) is 5.69 Å². The number of sulfonamides is 1. The zero-order valence-corrected chi connectivity index (χ0v) is 8.82. The van der Waals surface area contributed by atoms with Gasteiger partial charge in [-0.25, -0.2) is 13.6 Å². The molecule has 0 heterocycles. The van der Waals surface area contributed by atoms with E-state index in [0.717, 1.165) is 6.07 Å². The van der Waals surface area contributed by atoms with Crippen molar-refractivity contribution in [3.05, 3.63) is 33.9 Å². The number of nitro benzene ring substituents is 1. The quantitative estimate of drug-likeness (QED) is 0.612. The third-order valence-electron chi connectivity index (χ3n) is 1.96. The number of aryl methyl sites for hydroxylation is 1. The van der Waals surface area contributed by atoms with Gasteiger partial charge in [0, 0.05) is 11.6 Å². The van der Waals surface area contributed by atoms with Crippen molar-refractivity contribution in [3.8, 4) is 0 Å². The first kappa shape index (κ1) is 11.6. The van der Waals surface area contributed by atoms with Crippen molar-refractivity contribution >= 4 is 15.7 Å². The summed E-state index contributed by atoms with van der Waals surface area (Å²) in [6.45, 7) is 1.75. The Bertz CT molecular complexity index is 495. The van der Waals surface area contributed by atoms with Gasteiger partial charge in [0.2, 0.25) is 10.0 Å². The number of primary sulfonamides is 1. The van der Waals surface area contributed by atoms with Crippen LogP contribution < -0.4 is 5.14 Å². The summed E-state index contributed by atoms with van der Waals surface area (Å²) in [6, 6.07) is 3.65. The molecule has 0 saturated carbocycles. The zero-order valence-electron chi connectivity index (χ0n) is 8.00. The Morgan fingerprint density at radius 3 is 2.47 bits per heavy atom.